The molecule has 2 unspecified atom stereocenters. The molecule has 0 aliphatic rings. The first-order valence-corrected chi connectivity index (χ1v) is 6.60. The second kappa shape index (κ2) is 6.86. The fourth-order valence-corrected chi connectivity index (χ4v) is 1.84. The predicted molar refractivity (Wildman–Crippen MR) is 75.0 cm³/mol. The van der Waals surface area contributed by atoms with Crippen LogP contribution < -0.4 is 5.73 Å². The van der Waals surface area contributed by atoms with Gasteiger partial charge in [-0.3, -0.25) is 0 Å². The Balaban J connectivity index is 2.49. The Kier molecular flexibility index (Phi) is 5.76. The number of benzene rings is 1. The molecule has 0 heterocycles. The van der Waals surface area contributed by atoms with Crippen LogP contribution in [0.5, 0.6) is 0 Å². The lowest BCUT2D eigenvalue weighted by Gasteiger charge is -2.29. The SMILES string of the molecule is CC(C)C(N)CN(C)C(C)Cc1ccc(F)cc1. The predicted octanol–water partition coefficient (Wildman–Crippen LogP) is 2.67. The molecule has 2 N–H and O–H groups in total. The monoisotopic (exact) mass is 252 g/mol. The van der Waals surface area contributed by atoms with Crippen LogP contribution in [0.25, 0.3) is 0 Å². The second-order valence-corrected chi connectivity index (χ2v) is 5.53. The number of rotatable bonds is 6. The zero-order chi connectivity index (χ0) is 13.7. The summed E-state index contributed by atoms with van der Waals surface area (Å²) in [5.41, 5.74) is 7.24. The van der Waals surface area contributed by atoms with E-state index in [0.717, 1.165) is 18.5 Å². The minimum Gasteiger partial charge on any atom is -0.326 e. The van der Waals surface area contributed by atoms with Crippen LogP contribution >= 0.6 is 0 Å². The highest BCUT2D eigenvalue weighted by atomic mass is 19.1. The van der Waals surface area contributed by atoms with Gasteiger partial charge in [0.15, 0.2) is 0 Å². The summed E-state index contributed by atoms with van der Waals surface area (Å²) in [5.74, 6) is 0.312. The van der Waals surface area contributed by atoms with Crippen molar-refractivity contribution in [3.8, 4) is 0 Å². The van der Waals surface area contributed by atoms with Crippen LogP contribution in [0.4, 0.5) is 4.39 Å². The zero-order valence-electron chi connectivity index (χ0n) is 11.9. The average Bonchev–Trinajstić information content (AvgIpc) is 2.31. The molecule has 0 bridgehead atoms. The van der Waals surface area contributed by atoms with Crippen LogP contribution in [-0.2, 0) is 6.42 Å². The molecule has 18 heavy (non-hydrogen) atoms. The molecule has 0 spiro atoms. The van der Waals surface area contributed by atoms with Crippen molar-refractivity contribution in [3.63, 3.8) is 0 Å². The number of halogens is 1. The lowest BCUT2D eigenvalue weighted by atomic mass is 10.0. The zero-order valence-corrected chi connectivity index (χ0v) is 11.9. The number of hydrogen-bond acceptors (Lipinski definition) is 2. The van der Waals surface area contributed by atoms with Gasteiger partial charge in [-0.1, -0.05) is 26.0 Å². The summed E-state index contributed by atoms with van der Waals surface area (Å²) in [7, 11) is 2.09. The molecule has 0 saturated carbocycles. The van der Waals surface area contributed by atoms with E-state index < -0.39 is 0 Å². The molecule has 0 saturated heterocycles. The fraction of sp³-hybridized carbons (Fsp3) is 0.600. The Hall–Kier alpha value is -0.930. The van der Waals surface area contributed by atoms with Gasteiger partial charge in [0.05, 0.1) is 0 Å². The smallest absolute Gasteiger partial charge is 0.123 e. The maximum atomic E-state index is 12.8. The van der Waals surface area contributed by atoms with Crippen LogP contribution in [0, 0.1) is 11.7 Å². The van der Waals surface area contributed by atoms with Gasteiger partial charge in [0.1, 0.15) is 5.82 Å². The fourth-order valence-electron chi connectivity index (χ4n) is 1.84. The van der Waals surface area contributed by atoms with Gasteiger partial charge in [-0.05, 0) is 44.0 Å². The molecule has 0 radical (unpaired) electrons. The van der Waals surface area contributed by atoms with Crippen LogP contribution in [0.1, 0.15) is 26.3 Å². The van der Waals surface area contributed by atoms with Gasteiger partial charge in [0.2, 0.25) is 0 Å². The van der Waals surface area contributed by atoms with Crippen molar-refractivity contribution in [3.05, 3.63) is 35.6 Å². The molecular weight excluding hydrogens is 227 g/mol. The summed E-state index contributed by atoms with van der Waals surface area (Å²) in [6.45, 7) is 7.35. The molecule has 102 valence electrons. The Morgan fingerprint density at radius 2 is 1.72 bits per heavy atom. The topological polar surface area (TPSA) is 29.3 Å². The first-order valence-electron chi connectivity index (χ1n) is 6.60. The van der Waals surface area contributed by atoms with Crippen molar-refractivity contribution in [1.29, 1.82) is 0 Å². The molecule has 1 aromatic rings. The van der Waals surface area contributed by atoms with E-state index >= 15 is 0 Å². The summed E-state index contributed by atoms with van der Waals surface area (Å²) in [4.78, 5) is 2.27. The van der Waals surface area contributed by atoms with Crippen molar-refractivity contribution in [1.82, 2.24) is 4.90 Å². The van der Waals surface area contributed by atoms with Gasteiger partial charge in [-0.15, -0.1) is 0 Å². The molecule has 0 amide bonds. The molecule has 0 aliphatic heterocycles. The van der Waals surface area contributed by atoms with Gasteiger partial charge in [0.25, 0.3) is 0 Å². The standard InChI is InChI=1S/C15H25FN2/c1-11(2)15(17)10-18(4)12(3)9-13-5-7-14(16)8-6-13/h5-8,11-12,15H,9-10,17H2,1-4H3. The van der Waals surface area contributed by atoms with Gasteiger partial charge in [-0.2, -0.15) is 0 Å². The lowest BCUT2D eigenvalue weighted by molar-refractivity contribution is 0.224. The normalized spacial score (nSPS) is 15.1. The van der Waals surface area contributed by atoms with Crippen LogP contribution in [0.3, 0.4) is 0 Å². The van der Waals surface area contributed by atoms with Gasteiger partial charge < -0.3 is 10.6 Å². The highest BCUT2D eigenvalue weighted by Gasteiger charge is 2.15. The molecule has 2 nitrogen and oxygen atoms in total. The van der Waals surface area contributed by atoms with Crippen LogP contribution in [-0.4, -0.2) is 30.6 Å². The first-order chi connectivity index (χ1) is 8.40. The largest absolute Gasteiger partial charge is 0.326 e. The Labute approximate surface area is 110 Å². The van der Waals surface area contributed by atoms with Crippen molar-refractivity contribution in [2.75, 3.05) is 13.6 Å². The van der Waals surface area contributed by atoms with Crippen LogP contribution in [0.2, 0.25) is 0 Å². The van der Waals surface area contributed by atoms with E-state index in [4.69, 9.17) is 5.73 Å². The number of nitrogens with zero attached hydrogens (tertiary/aromatic N) is 1. The first kappa shape index (κ1) is 15.1. The van der Waals surface area contributed by atoms with Crippen molar-refractivity contribution >= 4 is 0 Å². The van der Waals surface area contributed by atoms with E-state index in [0.29, 0.717) is 12.0 Å². The average molecular weight is 252 g/mol. The third kappa shape index (κ3) is 4.75. The van der Waals surface area contributed by atoms with E-state index in [-0.39, 0.29) is 11.9 Å². The highest BCUT2D eigenvalue weighted by molar-refractivity contribution is 5.17. The maximum Gasteiger partial charge on any atom is 0.123 e. The second-order valence-electron chi connectivity index (χ2n) is 5.53. The quantitative estimate of drug-likeness (QED) is 0.843. The molecule has 0 aromatic heterocycles. The summed E-state index contributed by atoms with van der Waals surface area (Å²) in [6, 6.07) is 7.33. The van der Waals surface area contributed by atoms with E-state index in [1.54, 1.807) is 0 Å². The lowest BCUT2D eigenvalue weighted by Crippen LogP contribution is -2.43. The van der Waals surface area contributed by atoms with Crippen molar-refractivity contribution in [2.24, 2.45) is 11.7 Å². The summed E-state index contributed by atoms with van der Waals surface area (Å²) < 4.78 is 12.8. The van der Waals surface area contributed by atoms with Crippen molar-refractivity contribution in [2.45, 2.75) is 39.3 Å². The highest BCUT2D eigenvalue weighted by Crippen LogP contribution is 2.10. The molecule has 1 aromatic carbocycles. The minimum atomic E-state index is -0.179. The Morgan fingerprint density at radius 3 is 2.22 bits per heavy atom. The van der Waals surface area contributed by atoms with E-state index in [2.05, 4.69) is 32.7 Å². The third-order valence-corrected chi connectivity index (χ3v) is 3.55. The minimum absolute atomic E-state index is 0.179. The molecule has 0 aliphatic carbocycles. The summed E-state index contributed by atoms with van der Waals surface area (Å²) in [6.07, 6.45) is 0.918. The molecule has 1 rings (SSSR count). The maximum absolute atomic E-state index is 12.8. The number of hydrogen-bond donors (Lipinski definition) is 1. The molecule has 0 fully saturated rings. The Morgan fingerprint density at radius 1 is 1.17 bits per heavy atom. The number of likely N-dealkylation sites (N-methyl/N-ethyl adjacent to an activating group) is 1. The van der Waals surface area contributed by atoms with Crippen molar-refractivity contribution < 1.29 is 4.39 Å². The molecule has 2 atom stereocenters. The van der Waals surface area contributed by atoms with Gasteiger partial charge >= 0.3 is 0 Å². The number of nitrogens with two attached hydrogens (primary N) is 1. The van der Waals surface area contributed by atoms with Gasteiger partial charge in [0, 0.05) is 18.6 Å². The van der Waals surface area contributed by atoms with E-state index in [1.807, 2.05) is 12.1 Å². The molecule has 3 heteroatoms. The van der Waals surface area contributed by atoms with Crippen LogP contribution in [0.15, 0.2) is 24.3 Å². The Bertz CT molecular complexity index is 348. The van der Waals surface area contributed by atoms with E-state index in [9.17, 15) is 4.39 Å². The van der Waals surface area contributed by atoms with E-state index in [1.165, 1.54) is 12.1 Å². The molecular formula is C15H25FN2. The third-order valence-electron chi connectivity index (χ3n) is 3.55. The van der Waals surface area contributed by atoms with Gasteiger partial charge in [-0.25, -0.2) is 4.39 Å². The summed E-state index contributed by atoms with van der Waals surface area (Å²) in [5, 5.41) is 0. The summed E-state index contributed by atoms with van der Waals surface area (Å²) >= 11 is 0.